The van der Waals surface area contributed by atoms with Crippen molar-refractivity contribution in [1.82, 2.24) is 35.2 Å². The van der Waals surface area contributed by atoms with E-state index in [9.17, 15) is 9.18 Å². The Bertz CT molecular complexity index is 1430. The van der Waals surface area contributed by atoms with Gasteiger partial charge in [0.15, 0.2) is 5.82 Å². The zero-order valence-electron chi connectivity index (χ0n) is 21.4. The Morgan fingerprint density at radius 2 is 1.87 bits per heavy atom. The maximum absolute atomic E-state index is 13.5. The molecule has 3 heterocycles. The fourth-order valence-corrected chi connectivity index (χ4v) is 3.70. The van der Waals surface area contributed by atoms with E-state index in [2.05, 4.69) is 35.6 Å². The number of amides is 1. The number of nitrogen functional groups attached to an aromatic ring is 1. The molecule has 38 heavy (non-hydrogen) atoms. The summed E-state index contributed by atoms with van der Waals surface area (Å²) in [6.07, 6.45) is 1.59. The normalized spacial score (nSPS) is 11.7. The van der Waals surface area contributed by atoms with Crippen LogP contribution >= 0.6 is 0 Å². The third-order valence-corrected chi connectivity index (χ3v) is 5.46. The van der Waals surface area contributed by atoms with Gasteiger partial charge in [0.2, 0.25) is 11.9 Å². The summed E-state index contributed by atoms with van der Waals surface area (Å²) >= 11 is 0. The standard InChI is InChI=1S/C25H28FN9O3/c1-13(30-18(36)12-37-3)11-29-25-28-10-9-17(32-25)20-21(19-14(2)31-22(27)24(35-19)38-4)34-23(33-20)15-5-7-16(26)8-6-15/h5-10,13H,11-12H2,1-4H3,(H2,27,31)(H,30,36)(H,33,34)(H,28,29,32)/t13-/m0/s1. The van der Waals surface area contributed by atoms with Gasteiger partial charge in [-0.2, -0.15) is 0 Å². The predicted molar refractivity (Wildman–Crippen MR) is 140 cm³/mol. The molecule has 0 fully saturated rings. The number of anilines is 2. The number of rotatable bonds is 10. The van der Waals surface area contributed by atoms with E-state index >= 15 is 0 Å². The highest BCUT2D eigenvalue weighted by atomic mass is 19.1. The van der Waals surface area contributed by atoms with Gasteiger partial charge in [0.05, 0.1) is 24.2 Å². The third-order valence-electron chi connectivity index (χ3n) is 5.46. The van der Waals surface area contributed by atoms with Crippen LogP contribution in [0.4, 0.5) is 16.2 Å². The summed E-state index contributed by atoms with van der Waals surface area (Å²) in [7, 11) is 2.92. The van der Waals surface area contributed by atoms with E-state index in [0.29, 0.717) is 52.4 Å². The maximum Gasteiger partial charge on any atom is 0.257 e. The number of nitrogens with two attached hydrogens (primary N) is 1. The number of H-pyrrole nitrogens is 1. The number of imidazole rings is 1. The van der Waals surface area contributed by atoms with Gasteiger partial charge in [-0.3, -0.25) is 4.79 Å². The molecule has 0 bridgehead atoms. The molecule has 1 atom stereocenters. The van der Waals surface area contributed by atoms with Gasteiger partial charge in [0.1, 0.15) is 29.6 Å². The van der Waals surface area contributed by atoms with Crippen LogP contribution in [0, 0.1) is 12.7 Å². The SMILES string of the molecule is COCC(=O)N[C@@H](C)CNc1nccc(-c2nc(-c3ccc(F)cc3)[nH]c2-c2nc(OC)c(N)nc2C)n1. The minimum Gasteiger partial charge on any atom is -0.478 e. The fraction of sp³-hybridized carbons (Fsp3) is 0.280. The van der Waals surface area contributed by atoms with Gasteiger partial charge in [-0.1, -0.05) is 0 Å². The Morgan fingerprint density at radius 1 is 1.11 bits per heavy atom. The highest BCUT2D eigenvalue weighted by Gasteiger charge is 2.22. The van der Waals surface area contributed by atoms with Crippen LogP contribution in [0.15, 0.2) is 36.5 Å². The topological polar surface area (TPSA) is 166 Å². The monoisotopic (exact) mass is 521 g/mol. The van der Waals surface area contributed by atoms with Crippen LogP contribution in [0.1, 0.15) is 12.6 Å². The largest absolute Gasteiger partial charge is 0.478 e. The van der Waals surface area contributed by atoms with E-state index in [1.165, 1.54) is 26.4 Å². The summed E-state index contributed by atoms with van der Waals surface area (Å²) in [5.41, 5.74) is 9.12. The Morgan fingerprint density at radius 3 is 2.58 bits per heavy atom. The number of aryl methyl sites for hydroxylation is 1. The first-order valence-corrected chi connectivity index (χ1v) is 11.7. The third kappa shape index (κ3) is 6.00. The number of halogens is 1. The molecule has 0 aliphatic rings. The lowest BCUT2D eigenvalue weighted by atomic mass is 10.1. The number of carbonyl (C=O) groups excluding carboxylic acids is 1. The molecule has 0 saturated carbocycles. The lowest BCUT2D eigenvalue weighted by Crippen LogP contribution is -2.39. The Hall–Kier alpha value is -4.65. The molecule has 1 amide bonds. The zero-order valence-corrected chi connectivity index (χ0v) is 21.4. The number of hydrogen-bond acceptors (Lipinski definition) is 10. The molecule has 1 aromatic carbocycles. The Balaban J connectivity index is 1.71. The molecule has 0 unspecified atom stereocenters. The van der Waals surface area contributed by atoms with E-state index < -0.39 is 0 Å². The van der Waals surface area contributed by atoms with E-state index in [0.717, 1.165) is 0 Å². The number of nitrogens with zero attached hydrogens (tertiary/aromatic N) is 5. The summed E-state index contributed by atoms with van der Waals surface area (Å²) in [5.74, 6) is 0.573. The molecule has 0 aliphatic carbocycles. The second-order valence-electron chi connectivity index (χ2n) is 8.42. The Labute approximate surface area is 218 Å². The average molecular weight is 522 g/mol. The van der Waals surface area contributed by atoms with Crippen molar-refractivity contribution < 1.29 is 18.7 Å². The van der Waals surface area contributed by atoms with Crippen molar-refractivity contribution >= 4 is 17.7 Å². The van der Waals surface area contributed by atoms with Crippen molar-refractivity contribution in [1.29, 1.82) is 0 Å². The van der Waals surface area contributed by atoms with Crippen molar-refractivity contribution in [3.05, 3.63) is 48.0 Å². The number of aromatic amines is 1. The molecule has 13 heteroatoms. The van der Waals surface area contributed by atoms with Crippen molar-refractivity contribution in [3.8, 4) is 40.0 Å². The van der Waals surface area contributed by atoms with E-state index in [1.807, 2.05) is 6.92 Å². The number of nitrogens with one attached hydrogen (secondary N) is 3. The molecule has 3 aromatic heterocycles. The van der Waals surface area contributed by atoms with Gasteiger partial charge in [-0.25, -0.2) is 29.3 Å². The molecule has 198 valence electrons. The summed E-state index contributed by atoms with van der Waals surface area (Å²) in [6, 6.07) is 7.46. The molecule has 5 N–H and O–H groups in total. The van der Waals surface area contributed by atoms with Crippen molar-refractivity contribution in [2.45, 2.75) is 19.9 Å². The minimum atomic E-state index is -0.357. The quantitative estimate of drug-likeness (QED) is 0.244. The van der Waals surface area contributed by atoms with Gasteiger partial charge in [-0.15, -0.1) is 0 Å². The fourth-order valence-electron chi connectivity index (χ4n) is 3.70. The lowest BCUT2D eigenvalue weighted by Gasteiger charge is -2.14. The van der Waals surface area contributed by atoms with Gasteiger partial charge in [0, 0.05) is 31.5 Å². The molecule has 4 rings (SSSR count). The first-order valence-electron chi connectivity index (χ1n) is 11.7. The summed E-state index contributed by atoms with van der Waals surface area (Å²) < 4.78 is 23.7. The van der Waals surface area contributed by atoms with Crippen LogP contribution in [-0.2, 0) is 9.53 Å². The smallest absolute Gasteiger partial charge is 0.257 e. The van der Waals surface area contributed by atoms with Gasteiger partial charge >= 0.3 is 0 Å². The number of hydrogen-bond donors (Lipinski definition) is 4. The van der Waals surface area contributed by atoms with E-state index in [-0.39, 0.29) is 36.1 Å². The number of methoxy groups -OCH3 is 2. The highest BCUT2D eigenvalue weighted by Crippen LogP contribution is 2.34. The molecular formula is C25H28FN9O3. The second-order valence-corrected chi connectivity index (χ2v) is 8.42. The first-order chi connectivity index (χ1) is 18.3. The van der Waals surface area contributed by atoms with Crippen LogP contribution in [0.5, 0.6) is 5.88 Å². The molecular weight excluding hydrogens is 493 g/mol. The number of carbonyl (C=O) groups is 1. The zero-order chi connectivity index (χ0) is 27.2. The molecule has 0 saturated heterocycles. The Kier molecular flexibility index (Phi) is 8.06. The molecule has 4 aromatic rings. The summed E-state index contributed by atoms with van der Waals surface area (Å²) in [5, 5.41) is 5.93. The number of benzene rings is 1. The van der Waals surface area contributed by atoms with Gasteiger partial charge < -0.3 is 30.8 Å². The average Bonchev–Trinajstić information content (AvgIpc) is 3.33. The van der Waals surface area contributed by atoms with Gasteiger partial charge in [-0.05, 0) is 44.2 Å². The van der Waals surface area contributed by atoms with Crippen LogP contribution in [-0.4, -0.2) is 69.2 Å². The highest BCUT2D eigenvalue weighted by molar-refractivity contribution is 5.80. The maximum atomic E-state index is 13.5. The number of ether oxygens (including phenoxy) is 2. The summed E-state index contributed by atoms with van der Waals surface area (Å²) in [4.78, 5) is 37.6. The van der Waals surface area contributed by atoms with Crippen LogP contribution in [0.3, 0.4) is 0 Å². The van der Waals surface area contributed by atoms with Crippen molar-refractivity contribution in [2.75, 3.05) is 38.4 Å². The van der Waals surface area contributed by atoms with Crippen LogP contribution in [0.25, 0.3) is 34.2 Å². The van der Waals surface area contributed by atoms with E-state index in [4.69, 9.17) is 20.2 Å². The van der Waals surface area contributed by atoms with Crippen LogP contribution < -0.4 is 21.1 Å². The first kappa shape index (κ1) is 26.4. The second kappa shape index (κ2) is 11.6. The molecule has 0 aliphatic heterocycles. The summed E-state index contributed by atoms with van der Waals surface area (Å²) in [6.45, 7) is 3.98. The molecule has 12 nitrogen and oxygen atoms in total. The van der Waals surface area contributed by atoms with Crippen molar-refractivity contribution in [2.24, 2.45) is 0 Å². The molecule has 0 spiro atoms. The minimum absolute atomic E-state index is 0.0210. The molecule has 0 radical (unpaired) electrons. The van der Waals surface area contributed by atoms with Crippen LogP contribution in [0.2, 0.25) is 0 Å². The van der Waals surface area contributed by atoms with Gasteiger partial charge in [0.25, 0.3) is 5.88 Å². The lowest BCUT2D eigenvalue weighted by molar-refractivity contribution is -0.125. The number of aromatic nitrogens is 6. The predicted octanol–water partition coefficient (Wildman–Crippen LogP) is 2.59. The van der Waals surface area contributed by atoms with Crippen molar-refractivity contribution in [3.63, 3.8) is 0 Å². The van der Waals surface area contributed by atoms with E-state index in [1.54, 1.807) is 31.3 Å².